The number of aromatic nitrogens is 1. The fraction of sp³-hybridized carbons (Fsp3) is 0.263. The van der Waals surface area contributed by atoms with E-state index in [-0.39, 0.29) is 17.0 Å². The van der Waals surface area contributed by atoms with Crippen molar-refractivity contribution in [1.29, 1.82) is 0 Å². The summed E-state index contributed by atoms with van der Waals surface area (Å²) in [5, 5.41) is 13.1. The van der Waals surface area contributed by atoms with E-state index >= 15 is 0 Å². The maximum Gasteiger partial charge on any atom is 0.337 e. The molecule has 1 unspecified atom stereocenters. The van der Waals surface area contributed by atoms with Crippen molar-refractivity contribution in [2.45, 2.75) is 5.66 Å². The van der Waals surface area contributed by atoms with E-state index in [9.17, 15) is 9.90 Å². The van der Waals surface area contributed by atoms with Crippen LogP contribution in [0.15, 0.2) is 60.4 Å². The predicted octanol–water partition coefficient (Wildman–Crippen LogP) is 2.97. The van der Waals surface area contributed by atoms with E-state index in [2.05, 4.69) is 25.0 Å². The molecule has 2 rings (SSSR count). The molecule has 1 atom stereocenters. The lowest BCUT2D eigenvalue weighted by Gasteiger charge is -2.30. The molecule has 0 spiro atoms. The van der Waals surface area contributed by atoms with Crippen molar-refractivity contribution >= 4 is 19.0 Å². The number of hydrogen-bond acceptors (Lipinski definition) is 4. The summed E-state index contributed by atoms with van der Waals surface area (Å²) >= 11 is 0. The summed E-state index contributed by atoms with van der Waals surface area (Å²) in [5.74, 6) is -0.867. The smallest absolute Gasteiger partial charge is 0.337 e. The molecule has 0 aliphatic rings. The first-order valence-corrected chi connectivity index (χ1v) is 10.8. The largest absolute Gasteiger partial charge is 0.872 e. The van der Waals surface area contributed by atoms with Gasteiger partial charge in [-0.1, -0.05) is 36.1 Å². The van der Waals surface area contributed by atoms with Crippen molar-refractivity contribution in [2.24, 2.45) is 0 Å². The number of nitrogens with zero attached hydrogens (tertiary/aromatic N) is 1. The second-order valence-electron chi connectivity index (χ2n) is 6.40. The summed E-state index contributed by atoms with van der Waals surface area (Å²) in [5.41, 5.74) is 1.32. The first kappa shape index (κ1) is 18.2. The Bertz CT molecular complexity index is 721. The minimum Gasteiger partial charge on any atom is -0.872 e. The zero-order valence-electron chi connectivity index (χ0n) is 14.4. The van der Waals surface area contributed by atoms with E-state index < -0.39 is 13.2 Å². The Hall–Kier alpha value is -2.19. The lowest BCUT2D eigenvalue weighted by Crippen LogP contribution is -2.21. The molecule has 1 heterocycles. The highest BCUT2D eigenvalue weighted by Gasteiger charge is 2.39. The van der Waals surface area contributed by atoms with Gasteiger partial charge in [-0.15, -0.1) is 0 Å². The maximum atomic E-state index is 13.1. The van der Waals surface area contributed by atoms with E-state index in [4.69, 9.17) is 4.74 Å². The van der Waals surface area contributed by atoms with Crippen molar-refractivity contribution in [2.75, 3.05) is 27.1 Å². The van der Waals surface area contributed by atoms with Crippen LogP contribution in [0, 0.1) is 0 Å². The van der Waals surface area contributed by atoms with Crippen molar-refractivity contribution in [3.63, 3.8) is 0 Å². The van der Waals surface area contributed by atoms with Gasteiger partial charge < -0.3 is 9.84 Å². The van der Waals surface area contributed by atoms with Crippen LogP contribution in [0.2, 0.25) is 0 Å². The lowest BCUT2D eigenvalue weighted by atomic mass is 10.0. The average molecular weight is 343 g/mol. The molecule has 0 bridgehead atoms. The van der Waals surface area contributed by atoms with Crippen LogP contribution in [-0.4, -0.2) is 38.1 Å². The van der Waals surface area contributed by atoms with Gasteiger partial charge in [0.25, 0.3) is 0 Å². The van der Waals surface area contributed by atoms with Gasteiger partial charge in [0.05, 0.1) is 12.7 Å². The number of carbonyl (C=O) groups excluding carboxylic acids is 1. The Balaban J connectivity index is 2.71. The van der Waals surface area contributed by atoms with Crippen LogP contribution in [0.4, 0.5) is 0 Å². The van der Waals surface area contributed by atoms with E-state index in [1.54, 1.807) is 24.5 Å². The molecule has 24 heavy (non-hydrogen) atoms. The third-order valence-corrected chi connectivity index (χ3v) is 5.86. The standard InChI is InChI=1S/C19H22NO3P/c1-23-19(22)16(17(21)14-10-12-20-13-11-14)18(24(2,3)4)15-8-6-5-7-9-15/h5-13,18H,1-4H3. The number of carbonyl (C=O) groups is 1. The molecule has 0 fully saturated rings. The van der Waals surface area contributed by atoms with Crippen molar-refractivity contribution in [3.8, 4) is 0 Å². The third kappa shape index (κ3) is 4.01. The van der Waals surface area contributed by atoms with Gasteiger partial charge in [0.2, 0.25) is 0 Å². The van der Waals surface area contributed by atoms with Crippen molar-refractivity contribution < 1.29 is 14.6 Å². The first-order valence-electron chi connectivity index (χ1n) is 7.62. The lowest BCUT2D eigenvalue weighted by molar-refractivity contribution is -0.245. The molecular weight excluding hydrogens is 321 g/mol. The van der Waals surface area contributed by atoms with Gasteiger partial charge in [0.15, 0.2) is 0 Å². The molecule has 0 aliphatic heterocycles. The topological polar surface area (TPSA) is 62.2 Å². The Morgan fingerprint density at radius 3 is 2.17 bits per heavy atom. The van der Waals surface area contributed by atoms with Crippen LogP contribution >= 0.6 is 7.26 Å². The van der Waals surface area contributed by atoms with Gasteiger partial charge in [-0.05, 0) is 23.3 Å². The molecule has 0 radical (unpaired) electrons. The highest BCUT2D eigenvalue weighted by atomic mass is 31.2. The molecule has 0 saturated heterocycles. The molecule has 4 nitrogen and oxygen atoms in total. The Morgan fingerprint density at radius 2 is 1.67 bits per heavy atom. The molecule has 0 saturated carbocycles. The quantitative estimate of drug-likeness (QED) is 0.362. The molecule has 126 valence electrons. The fourth-order valence-corrected chi connectivity index (χ4v) is 4.80. The molecule has 1 aromatic carbocycles. The molecule has 0 aliphatic carbocycles. The monoisotopic (exact) mass is 343 g/mol. The zero-order valence-corrected chi connectivity index (χ0v) is 15.3. The second kappa shape index (κ2) is 7.59. The zero-order chi connectivity index (χ0) is 17.7. The third-order valence-electron chi connectivity index (χ3n) is 3.76. The number of pyridine rings is 1. The molecule has 0 amide bonds. The van der Waals surface area contributed by atoms with E-state index in [0.29, 0.717) is 5.56 Å². The van der Waals surface area contributed by atoms with E-state index in [0.717, 1.165) is 5.56 Å². The van der Waals surface area contributed by atoms with E-state index in [1.807, 2.05) is 30.3 Å². The number of esters is 1. The Labute approximate surface area is 143 Å². The summed E-state index contributed by atoms with van der Waals surface area (Å²) < 4.78 is 4.96. The van der Waals surface area contributed by atoms with Gasteiger partial charge in [0, 0.05) is 39.7 Å². The first-order chi connectivity index (χ1) is 11.4. The van der Waals surface area contributed by atoms with Crippen LogP contribution in [0.1, 0.15) is 16.8 Å². The Morgan fingerprint density at radius 1 is 1.08 bits per heavy atom. The molecule has 5 heteroatoms. The van der Waals surface area contributed by atoms with Gasteiger partial charge in [-0.2, -0.15) is 0 Å². The van der Waals surface area contributed by atoms with Crippen LogP contribution < -0.4 is 5.11 Å². The summed E-state index contributed by atoms with van der Waals surface area (Å²) in [7, 11) is -0.309. The maximum absolute atomic E-state index is 13.1. The minimum atomic E-state index is -1.62. The van der Waals surface area contributed by atoms with Crippen LogP contribution in [0.5, 0.6) is 0 Å². The SMILES string of the molecule is COC(=O)/C(=C(/[O-])c1ccncc1)C(c1ccccc1)[P+](C)(C)C. The minimum absolute atomic E-state index is 0.190. The van der Waals surface area contributed by atoms with Crippen molar-refractivity contribution in [1.82, 2.24) is 4.98 Å². The van der Waals surface area contributed by atoms with Gasteiger partial charge in [-0.25, -0.2) is 4.79 Å². The number of benzene rings is 1. The molecule has 1 aromatic heterocycles. The number of rotatable bonds is 5. The predicted molar refractivity (Wildman–Crippen MR) is 97.0 cm³/mol. The van der Waals surface area contributed by atoms with Gasteiger partial charge in [0.1, 0.15) is 5.66 Å². The average Bonchev–Trinajstić information content (AvgIpc) is 2.58. The highest BCUT2D eigenvalue weighted by Crippen LogP contribution is 2.64. The van der Waals surface area contributed by atoms with Crippen LogP contribution in [0.25, 0.3) is 5.76 Å². The molecule has 0 N–H and O–H groups in total. The molecule has 2 aromatic rings. The number of methoxy groups -OCH3 is 1. The van der Waals surface area contributed by atoms with Crippen LogP contribution in [0.3, 0.4) is 0 Å². The number of hydrogen-bond donors (Lipinski definition) is 0. The highest BCUT2D eigenvalue weighted by molar-refractivity contribution is 7.74. The van der Waals surface area contributed by atoms with Gasteiger partial charge in [-0.3, -0.25) is 4.98 Å². The van der Waals surface area contributed by atoms with Crippen molar-refractivity contribution in [3.05, 3.63) is 71.6 Å². The summed E-state index contributed by atoms with van der Waals surface area (Å²) in [6.45, 7) is 6.36. The molecular formula is C19H22NO3P. The van der Waals surface area contributed by atoms with Gasteiger partial charge >= 0.3 is 5.97 Å². The van der Waals surface area contributed by atoms with Crippen LogP contribution in [-0.2, 0) is 9.53 Å². The normalized spacial score (nSPS) is 13.8. The summed E-state index contributed by atoms with van der Waals surface area (Å²) in [4.78, 5) is 16.4. The number of ether oxygens (including phenoxy) is 1. The summed E-state index contributed by atoms with van der Waals surface area (Å²) in [6, 6.07) is 12.9. The van der Waals surface area contributed by atoms with E-state index in [1.165, 1.54) is 7.11 Å². The Kier molecular flexibility index (Phi) is 5.74. The fourth-order valence-electron chi connectivity index (χ4n) is 2.73. The summed E-state index contributed by atoms with van der Waals surface area (Å²) in [6.07, 6.45) is 3.10. The second-order valence-corrected chi connectivity index (χ2v) is 11.1.